The minimum atomic E-state index is -4.13. The maximum Gasteiger partial charge on any atom is 0.406 e. The van der Waals surface area contributed by atoms with E-state index in [1.165, 1.54) is 5.70 Å². The van der Waals surface area contributed by atoms with E-state index in [1.807, 2.05) is 29.4 Å². The minimum absolute atomic E-state index is 0.217. The molecule has 1 aromatic rings. The third kappa shape index (κ3) is 2.83. The molecule has 0 amide bonds. The molecule has 4 aliphatic rings. The lowest BCUT2D eigenvalue weighted by atomic mass is 9.79. The largest absolute Gasteiger partial charge is 0.406 e. The number of rotatable bonds is 4. The molecule has 1 aromatic heterocycles. The number of H-pyrrole nitrogens is 1. The van der Waals surface area contributed by atoms with Gasteiger partial charge >= 0.3 is 6.18 Å². The summed E-state index contributed by atoms with van der Waals surface area (Å²) in [5.41, 5.74) is 5.27. The number of alkyl halides is 3. The van der Waals surface area contributed by atoms with Crippen LogP contribution in [0.2, 0.25) is 0 Å². The van der Waals surface area contributed by atoms with Crippen molar-refractivity contribution in [3.8, 4) is 0 Å². The van der Waals surface area contributed by atoms with E-state index < -0.39 is 11.7 Å². The van der Waals surface area contributed by atoms with E-state index in [9.17, 15) is 13.2 Å². The van der Waals surface area contributed by atoms with Crippen LogP contribution < -0.4 is 10.7 Å². The van der Waals surface area contributed by atoms with E-state index in [1.54, 1.807) is 6.34 Å². The molecule has 0 spiro atoms. The number of hydrogen-bond donors (Lipinski definition) is 3. The zero-order valence-electron chi connectivity index (χ0n) is 15.8. The van der Waals surface area contributed by atoms with Gasteiger partial charge in [-0.15, -0.1) is 5.12 Å². The number of halogens is 3. The smallest absolute Gasteiger partial charge is 0.346 e. The van der Waals surface area contributed by atoms with Crippen molar-refractivity contribution in [3.05, 3.63) is 23.5 Å². The van der Waals surface area contributed by atoms with Gasteiger partial charge in [0.1, 0.15) is 17.7 Å². The highest BCUT2D eigenvalue weighted by atomic mass is 19.4. The number of allylic oxidation sites excluding steroid dienone is 1. The lowest BCUT2D eigenvalue weighted by Crippen LogP contribution is -2.47. The Morgan fingerprint density at radius 1 is 1.25 bits per heavy atom. The molecule has 0 bridgehead atoms. The Labute approximate surface area is 161 Å². The third-order valence-electron chi connectivity index (χ3n) is 6.64. The van der Waals surface area contributed by atoms with Crippen molar-refractivity contribution in [3.63, 3.8) is 0 Å². The van der Waals surface area contributed by atoms with Crippen LogP contribution in [0.4, 0.5) is 19.0 Å². The van der Waals surface area contributed by atoms with Crippen LogP contribution in [0.3, 0.4) is 0 Å². The SMILES string of the molecule is CN1NC(C2CCC(CNC3(C(F)(F)F)CC3)CC2)=C2c3cc[nH]c3N=CN21. The first-order chi connectivity index (χ1) is 13.4. The molecule has 3 N–H and O–H groups in total. The lowest BCUT2D eigenvalue weighted by Gasteiger charge is -2.31. The van der Waals surface area contributed by atoms with E-state index in [0.29, 0.717) is 18.4 Å². The molecule has 0 unspecified atom stereocenters. The zero-order valence-corrected chi connectivity index (χ0v) is 15.8. The normalized spacial score (nSPS) is 28.9. The van der Waals surface area contributed by atoms with Crippen molar-refractivity contribution in [1.82, 2.24) is 25.9 Å². The van der Waals surface area contributed by atoms with Crippen LogP contribution in [0.5, 0.6) is 0 Å². The van der Waals surface area contributed by atoms with Crippen LogP contribution in [0.15, 0.2) is 23.0 Å². The summed E-state index contributed by atoms with van der Waals surface area (Å²) in [5.74, 6) is 1.55. The van der Waals surface area contributed by atoms with Gasteiger partial charge in [0.2, 0.25) is 0 Å². The minimum Gasteiger partial charge on any atom is -0.346 e. The average Bonchev–Trinajstić information content (AvgIpc) is 3.20. The molecule has 2 saturated carbocycles. The fraction of sp³-hybridized carbons (Fsp3) is 0.632. The van der Waals surface area contributed by atoms with Crippen molar-refractivity contribution in [2.75, 3.05) is 13.6 Å². The summed E-state index contributed by atoms with van der Waals surface area (Å²) < 4.78 is 39.3. The first-order valence-electron chi connectivity index (χ1n) is 9.95. The first kappa shape index (κ1) is 18.1. The van der Waals surface area contributed by atoms with Gasteiger partial charge in [-0.1, -0.05) is 0 Å². The number of nitrogens with one attached hydrogen (secondary N) is 3. The summed E-state index contributed by atoms with van der Waals surface area (Å²) in [6, 6.07) is 2.04. The van der Waals surface area contributed by atoms with Crippen molar-refractivity contribution in [2.24, 2.45) is 16.8 Å². The number of hydrogen-bond acceptors (Lipinski definition) is 5. The quantitative estimate of drug-likeness (QED) is 0.732. The number of hydrazine groups is 2. The number of aromatic amines is 1. The maximum absolute atomic E-state index is 13.1. The van der Waals surface area contributed by atoms with Gasteiger partial charge in [0, 0.05) is 24.7 Å². The van der Waals surface area contributed by atoms with Gasteiger partial charge in [-0.25, -0.2) is 10.0 Å². The molecule has 3 heterocycles. The molecule has 9 heteroatoms. The number of aromatic nitrogens is 1. The van der Waals surface area contributed by atoms with Crippen LogP contribution in [0, 0.1) is 11.8 Å². The predicted molar refractivity (Wildman–Crippen MR) is 100 cm³/mol. The summed E-state index contributed by atoms with van der Waals surface area (Å²) in [6.07, 6.45) is 3.86. The van der Waals surface area contributed by atoms with Gasteiger partial charge < -0.3 is 15.7 Å². The van der Waals surface area contributed by atoms with E-state index in [0.717, 1.165) is 42.8 Å². The fourth-order valence-electron chi connectivity index (χ4n) is 4.69. The lowest BCUT2D eigenvalue weighted by molar-refractivity contribution is -0.166. The van der Waals surface area contributed by atoms with E-state index in [-0.39, 0.29) is 12.8 Å². The second-order valence-electron chi connectivity index (χ2n) is 8.41. The summed E-state index contributed by atoms with van der Waals surface area (Å²) in [5, 5.41) is 6.78. The van der Waals surface area contributed by atoms with E-state index >= 15 is 0 Å². The monoisotopic (exact) mass is 394 g/mol. The summed E-state index contributed by atoms with van der Waals surface area (Å²) in [6.45, 7) is 0.464. The highest BCUT2D eigenvalue weighted by Gasteiger charge is 2.63. The summed E-state index contributed by atoms with van der Waals surface area (Å²) >= 11 is 0. The Kier molecular flexibility index (Phi) is 4.03. The van der Waals surface area contributed by atoms with Crippen molar-refractivity contribution < 1.29 is 13.2 Å². The maximum atomic E-state index is 13.1. The van der Waals surface area contributed by atoms with Crippen LogP contribution in [-0.2, 0) is 0 Å². The molecule has 0 aromatic carbocycles. The molecular weight excluding hydrogens is 369 g/mol. The fourth-order valence-corrected chi connectivity index (χ4v) is 4.69. The Morgan fingerprint density at radius 3 is 2.68 bits per heavy atom. The molecule has 2 aliphatic heterocycles. The predicted octanol–water partition coefficient (Wildman–Crippen LogP) is 3.51. The molecule has 2 fully saturated rings. The molecule has 6 nitrogen and oxygen atoms in total. The van der Waals surface area contributed by atoms with Gasteiger partial charge in [-0.05, 0) is 57.1 Å². The van der Waals surface area contributed by atoms with Crippen LogP contribution >= 0.6 is 0 Å². The van der Waals surface area contributed by atoms with Crippen LogP contribution in [0.1, 0.15) is 44.1 Å². The Balaban J connectivity index is 1.25. The molecule has 0 radical (unpaired) electrons. The van der Waals surface area contributed by atoms with Crippen molar-refractivity contribution >= 4 is 17.9 Å². The second-order valence-corrected chi connectivity index (χ2v) is 8.41. The van der Waals surface area contributed by atoms with Gasteiger partial charge in [0.05, 0.1) is 11.4 Å². The van der Waals surface area contributed by atoms with Crippen molar-refractivity contribution in [1.29, 1.82) is 0 Å². The highest BCUT2D eigenvalue weighted by Crippen LogP contribution is 2.49. The Hall–Kier alpha value is -2.00. The van der Waals surface area contributed by atoms with Crippen molar-refractivity contribution in [2.45, 2.75) is 50.2 Å². The first-order valence-corrected chi connectivity index (χ1v) is 9.95. The molecule has 152 valence electrons. The van der Waals surface area contributed by atoms with E-state index in [2.05, 4.69) is 20.7 Å². The standard InChI is InChI=1S/C19H25F3N6/c1-27-26-15(16-14-6-9-23-17(14)24-11-28(16)27)13-4-2-12(3-5-13)10-25-18(7-8-18)19(20,21)22/h6,9,11-13,23,25-26H,2-5,7-8,10H2,1H3. The second kappa shape index (κ2) is 6.25. The van der Waals surface area contributed by atoms with E-state index in [4.69, 9.17) is 0 Å². The molecule has 5 rings (SSSR count). The molecular formula is C19H25F3N6. The summed E-state index contributed by atoms with van der Waals surface area (Å²) in [4.78, 5) is 7.60. The molecule has 0 atom stereocenters. The molecule has 2 aliphatic carbocycles. The Morgan fingerprint density at radius 2 is 2.00 bits per heavy atom. The van der Waals surface area contributed by atoms with Gasteiger partial charge in [-0.3, -0.25) is 0 Å². The number of nitrogens with zero attached hydrogens (tertiary/aromatic N) is 3. The zero-order chi connectivity index (χ0) is 19.5. The average molecular weight is 394 g/mol. The van der Waals surface area contributed by atoms with Gasteiger partial charge in [-0.2, -0.15) is 13.2 Å². The molecule has 28 heavy (non-hydrogen) atoms. The van der Waals surface area contributed by atoms with Crippen LogP contribution in [-0.4, -0.2) is 46.8 Å². The van der Waals surface area contributed by atoms with Gasteiger partial charge in [0.15, 0.2) is 0 Å². The third-order valence-corrected chi connectivity index (χ3v) is 6.64. The molecule has 0 saturated heterocycles. The van der Waals surface area contributed by atoms with Crippen LogP contribution in [0.25, 0.3) is 5.70 Å². The Bertz CT molecular complexity index is 814. The van der Waals surface area contributed by atoms with Gasteiger partial charge in [0.25, 0.3) is 0 Å². The summed E-state index contributed by atoms with van der Waals surface area (Å²) in [7, 11) is 1.96. The number of aliphatic imine (C=N–C) groups is 1. The highest BCUT2D eigenvalue weighted by molar-refractivity contribution is 5.87. The number of fused-ring (bicyclic) bond motifs is 3. The topological polar surface area (TPSA) is 58.7 Å².